The molecule has 1 aromatic heterocycles. The van der Waals surface area contributed by atoms with Gasteiger partial charge in [-0.05, 0) is 18.8 Å². The molecule has 0 bridgehead atoms. The second-order valence-electron chi connectivity index (χ2n) is 4.58. The molecule has 2 rings (SSSR count). The summed E-state index contributed by atoms with van der Waals surface area (Å²) in [5.41, 5.74) is 0.666. The van der Waals surface area contributed by atoms with E-state index < -0.39 is 6.09 Å². The molecule has 0 spiro atoms. The monoisotopic (exact) mass is 283 g/mol. The molecule has 1 aromatic rings. The van der Waals surface area contributed by atoms with Crippen molar-refractivity contribution in [2.75, 3.05) is 20.1 Å². The molecular formula is C12H17N3O3S. The minimum atomic E-state index is -0.866. The highest BCUT2D eigenvalue weighted by Crippen LogP contribution is 2.31. The van der Waals surface area contributed by atoms with E-state index in [0.717, 1.165) is 28.8 Å². The number of amides is 1. The first-order valence-corrected chi connectivity index (χ1v) is 6.95. The summed E-state index contributed by atoms with van der Waals surface area (Å²) < 4.78 is 1.80. The minimum Gasteiger partial charge on any atom is -0.465 e. The number of hydrogen-bond donors (Lipinski definition) is 1. The first kappa shape index (κ1) is 13.8. The molecule has 1 saturated heterocycles. The van der Waals surface area contributed by atoms with Gasteiger partial charge < -0.3 is 14.6 Å². The molecule has 0 aromatic carbocycles. The lowest BCUT2D eigenvalue weighted by molar-refractivity contribution is 0.111. The average molecular weight is 283 g/mol. The summed E-state index contributed by atoms with van der Waals surface area (Å²) in [6, 6.07) is 0. The van der Waals surface area contributed by atoms with Gasteiger partial charge in [-0.2, -0.15) is 0 Å². The number of hydrogen-bond acceptors (Lipinski definition) is 4. The van der Waals surface area contributed by atoms with Crippen LogP contribution < -0.4 is 4.80 Å². The van der Waals surface area contributed by atoms with Gasteiger partial charge in [0.25, 0.3) is 0 Å². The van der Waals surface area contributed by atoms with Crippen LogP contribution >= 0.6 is 11.3 Å². The Bertz CT molecular complexity index is 553. The van der Waals surface area contributed by atoms with E-state index in [-0.39, 0.29) is 5.92 Å². The molecule has 0 radical (unpaired) electrons. The summed E-state index contributed by atoms with van der Waals surface area (Å²) in [4.78, 5) is 29.5. The zero-order valence-corrected chi connectivity index (χ0v) is 11.8. The zero-order chi connectivity index (χ0) is 14.0. The number of carbonyl (C=O) groups is 2. The zero-order valence-electron chi connectivity index (χ0n) is 11.0. The quantitative estimate of drug-likeness (QED) is 0.831. The number of carbonyl (C=O) groups excluding carboxylic acids is 1. The molecule has 0 unspecified atom stereocenters. The van der Waals surface area contributed by atoms with Gasteiger partial charge in [-0.1, -0.05) is 0 Å². The lowest BCUT2D eigenvalue weighted by Crippen LogP contribution is -2.36. The average Bonchev–Trinajstić information content (AvgIpc) is 2.75. The fraction of sp³-hybridized carbons (Fsp3) is 0.583. The van der Waals surface area contributed by atoms with Crippen LogP contribution in [0.2, 0.25) is 0 Å². The smallest absolute Gasteiger partial charge is 0.407 e. The topological polar surface area (TPSA) is 74.9 Å². The van der Waals surface area contributed by atoms with Gasteiger partial charge in [0.2, 0.25) is 0 Å². The summed E-state index contributed by atoms with van der Waals surface area (Å²) in [6.07, 6.45) is 1.52. The van der Waals surface area contributed by atoms with Crippen molar-refractivity contribution in [2.45, 2.75) is 18.8 Å². The predicted octanol–water partition coefficient (Wildman–Crippen LogP) is 1.29. The van der Waals surface area contributed by atoms with Crippen molar-refractivity contribution in [3.05, 3.63) is 15.4 Å². The van der Waals surface area contributed by atoms with Crippen LogP contribution in [0.1, 0.15) is 34.1 Å². The van der Waals surface area contributed by atoms with Crippen LogP contribution in [-0.2, 0) is 7.05 Å². The molecular weight excluding hydrogens is 266 g/mol. The Hall–Kier alpha value is -1.63. The maximum atomic E-state index is 11.2. The van der Waals surface area contributed by atoms with Crippen molar-refractivity contribution >= 4 is 23.7 Å². The fourth-order valence-corrected chi connectivity index (χ4v) is 3.66. The Morgan fingerprint density at radius 2 is 2.11 bits per heavy atom. The van der Waals surface area contributed by atoms with Crippen molar-refractivity contribution in [2.24, 2.45) is 12.0 Å². The number of aromatic nitrogens is 1. The number of carboxylic acid groups (broad SMARTS) is 1. The summed E-state index contributed by atoms with van der Waals surface area (Å²) in [5.74, 6) is 0.252. The third-order valence-electron chi connectivity index (χ3n) is 3.54. The fourth-order valence-electron chi connectivity index (χ4n) is 2.45. The number of likely N-dealkylation sites (tertiary alicyclic amines) is 1. The van der Waals surface area contributed by atoms with Crippen molar-refractivity contribution in [1.82, 2.24) is 9.47 Å². The molecule has 6 nitrogen and oxygen atoms in total. The molecule has 1 N–H and O–H groups in total. The second kappa shape index (κ2) is 5.56. The van der Waals surface area contributed by atoms with Gasteiger partial charge in [-0.15, -0.1) is 11.3 Å². The predicted molar refractivity (Wildman–Crippen MR) is 71.7 cm³/mol. The van der Waals surface area contributed by atoms with Gasteiger partial charge in [-0.25, -0.2) is 4.79 Å². The highest BCUT2D eigenvalue weighted by Gasteiger charge is 2.27. The van der Waals surface area contributed by atoms with Gasteiger partial charge in [0.1, 0.15) is 0 Å². The maximum absolute atomic E-state index is 11.2. The van der Waals surface area contributed by atoms with E-state index in [9.17, 15) is 9.59 Å². The molecule has 104 valence electrons. The molecule has 0 atom stereocenters. The molecule has 2 heterocycles. The van der Waals surface area contributed by atoms with Crippen molar-refractivity contribution in [1.29, 1.82) is 0 Å². The highest BCUT2D eigenvalue weighted by molar-refractivity contribution is 7.09. The van der Waals surface area contributed by atoms with Gasteiger partial charge >= 0.3 is 6.09 Å². The largest absolute Gasteiger partial charge is 0.465 e. The highest BCUT2D eigenvalue weighted by atomic mass is 32.1. The van der Waals surface area contributed by atoms with Crippen molar-refractivity contribution in [3.8, 4) is 0 Å². The van der Waals surface area contributed by atoms with Crippen molar-refractivity contribution in [3.63, 3.8) is 0 Å². The number of rotatable bonds is 2. The van der Waals surface area contributed by atoms with E-state index in [0.29, 0.717) is 18.8 Å². The molecule has 1 aliphatic rings. The molecule has 1 amide bonds. The van der Waals surface area contributed by atoms with Crippen LogP contribution in [0.5, 0.6) is 0 Å². The van der Waals surface area contributed by atoms with Crippen LogP contribution in [0.4, 0.5) is 4.79 Å². The van der Waals surface area contributed by atoms with E-state index in [2.05, 4.69) is 4.99 Å². The first-order chi connectivity index (χ1) is 9.08. The van der Waals surface area contributed by atoms with Gasteiger partial charge in [-0.3, -0.25) is 9.79 Å². The van der Waals surface area contributed by atoms with E-state index in [1.165, 1.54) is 16.2 Å². The van der Waals surface area contributed by atoms with E-state index in [4.69, 9.17) is 5.11 Å². The van der Waals surface area contributed by atoms with Gasteiger partial charge in [0.15, 0.2) is 11.1 Å². The third kappa shape index (κ3) is 2.56. The van der Waals surface area contributed by atoms with Crippen LogP contribution in [0, 0.1) is 0 Å². The molecule has 0 aliphatic carbocycles. The lowest BCUT2D eigenvalue weighted by Gasteiger charge is -2.29. The summed E-state index contributed by atoms with van der Waals surface area (Å²) in [5, 5.41) is 8.94. The molecule has 1 aliphatic heterocycles. The van der Waals surface area contributed by atoms with Crippen LogP contribution in [-0.4, -0.2) is 47.1 Å². The van der Waals surface area contributed by atoms with Crippen LogP contribution in [0.25, 0.3) is 0 Å². The number of aldehydes is 1. The molecule has 7 heteroatoms. The minimum absolute atomic E-state index is 0.252. The van der Waals surface area contributed by atoms with E-state index in [1.807, 2.05) is 7.05 Å². The number of nitrogens with zero attached hydrogens (tertiary/aromatic N) is 3. The lowest BCUT2D eigenvalue weighted by atomic mass is 9.94. The molecule has 1 fully saturated rings. The summed E-state index contributed by atoms with van der Waals surface area (Å²) in [7, 11) is 3.54. The second-order valence-corrected chi connectivity index (χ2v) is 5.59. The number of piperidine rings is 1. The third-order valence-corrected chi connectivity index (χ3v) is 4.94. The standard InChI is InChI=1S/C12H17N3O3S/c1-13-11-14(2)9(7-16)10(19-11)8-3-5-15(6-4-8)12(17)18/h7-8H,3-6H2,1-2H3,(H,17,18). The van der Waals surface area contributed by atoms with E-state index in [1.54, 1.807) is 11.6 Å². The molecule has 0 saturated carbocycles. The summed E-state index contributed by atoms with van der Waals surface area (Å²) in [6.45, 7) is 1.05. The van der Waals surface area contributed by atoms with E-state index >= 15 is 0 Å². The van der Waals surface area contributed by atoms with Crippen LogP contribution in [0.3, 0.4) is 0 Å². The summed E-state index contributed by atoms with van der Waals surface area (Å²) >= 11 is 1.53. The first-order valence-electron chi connectivity index (χ1n) is 6.14. The number of thiazole rings is 1. The van der Waals surface area contributed by atoms with Crippen LogP contribution in [0.15, 0.2) is 4.99 Å². The van der Waals surface area contributed by atoms with Crippen molar-refractivity contribution < 1.29 is 14.7 Å². The Kier molecular flexibility index (Phi) is 4.04. The molecule has 19 heavy (non-hydrogen) atoms. The SMILES string of the molecule is CN=c1sc(C2CCN(C(=O)O)CC2)c(C=O)n1C. The Balaban J connectivity index is 2.25. The normalized spacial score (nSPS) is 17.8. The van der Waals surface area contributed by atoms with Gasteiger partial charge in [0, 0.05) is 32.1 Å². The Labute approximate surface area is 115 Å². The Morgan fingerprint density at radius 3 is 2.58 bits per heavy atom. The van der Waals surface area contributed by atoms with Gasteiger partial charge in [0.05, 0.1) is 5.69 Å². The maximum Gasteiger partial charge on any atom is 0.407 e. The Morgan fingerprint density at radius 1 is 1.47 bits per heavy atom.